The molecule has 2 unspecified atom stereocenters. The molecule has 0 saturated carbocycles. The average molecular weight is 327 g/mol. The Labute approximate surface area is 143 Å². The summed E-state index contributed by atoms with van der Waals surface area (Å²) in [5, 5.41) is 13.8. The maximum Gasteiger partial charge on any atom is 0.325 e. The van der Waals surface area contributed by atoms with Crippen molar-refractivity contribution in [2.24, 2.45) is 5.92 Å². The van der Waals surface area contributed by atoms with E-state index in [2.05, 4.69) is 5.32 Å². The highest BCUT2D eigenvalue weighted by atomic mass is 16.5. The summed E-state index contributed by atoms with van der Waals surface area (Å²) in [4.78, 5) is 12.2. The number of esters is 1. The van der Waals surface area contributed by atoms with E-state index >= 15 is 0 Å². The molecule has 0 spiro atoms. The Hall–Kier alpha value is -2.17. The molecule has 24 heavy (non-hydrogen) atoms. The highest BCUT2D eigenvalue weighted by Crippen LogP contribution is 2.24. The van der Waals surface area contributed by atoms with Crippen LogP contribution in [0.2, 0.25) is 0 Å². The smallest absolute Gasteiger partial charge is 0.325 e. The van der Waals surface area contributed by atoms with Gasteiger partial charge in [-0.05, 0) is 17.0 Å². The Bertz CT molecular complexity index is 588. The fourth-order valence-corrected chi connectivity index (χ4v) is 2.67. The van der Waals surface area contributed by atoms with Crippen LogP contribution >= 0.6 is 0 Å². The van der Waals surface area contributed by atoms with Gasteiger partial charge in [0, 0.05) is 0 Å². The van der Waals surface area contributed by atoms with Crippen molar-refractivity contribution in [3.8, 4) is 0 Å². The van der Waals surface area contributed by atoms with Crippen LogP contribution in [0.3, 0.4) is 0 Å². The molecule has 2 aromatic carbocycles. The molecule has 0 fully saturated rings. The predicted molar refractivity (Wildman–Crippen MR) is 94.5 cm³/mol. The fourth-order valence-electron chi connectivity index (χ4n) is 2.67. The molecule has 2 atom stereocenters. The van der Waals surface area contributed by atoms with Crippen molar-refractivity contribution >= 4 is 5.97 Å². The third kappa shape index (κ3) is 4.43. The molecule has 0 aromatic heterocycles. The van der Waals surface area contributed by atoms with Gasteiger partial charge in [0.1, 0.15) is 6.04 Å². The number of hydrogen-bond donors (Lipinski definition) is 2. The van der Waals surface area contributed by atoms with Crippen molar-refractivity contribution in [3.05, 3.63) is 71.8 Å². The van der Waals surface area contributed by atoms with Gasteiger partial charge < -0.3 is 9.84 Å². The SMILES string of the molecule is COC(=O)C(NC(c1ccccc1)c1ccccc1)C(O)C(C)C. The van der Waals surface area contributed by atoms with Gasteiger partial charge in [0.05, 0.1) is 19.3 Å². The van der Waals surface area contributed by atoms with Crippen LogP contribution in [0.1, 0.15) is 31.0 Å². The van der Waals surface area contributed by atoms with Crippen LogP contribution in [0.25, 0.3) is 0 Å². The zero-order valence-corrected chi connectivity index (χ0v) is 14.3. The fraction of sp³-hybridized carbons (Fsp3) is 0.350. The number of carbonyl (C=O) groups is 1. The van der Waals surface area contributed by atoms with Crippen LogP contribution in [0.5, 0.6) is 0 Å². The molecule has 0 bridgehead atoms. The topological polar surface area (TPSA) is 58.6 Å². The Balaban J connectivity index is 2.37. The molecular weight excluding hydrogens is 302 g/mol. The first kappa shape index (κ1) is 18.2. The molecule has 2 N–H and O–H groups in total. The third-order valence-corrected chi connectivity index (χ3v) is 4.09. The molecule has 2 rings (SSSR count). The van der Waals surface area contributed by atoms with Crippen molar-refractivity contribution in [2.45, 2.75) is 32.0 Å². The van der Waals surface area contributed by atoms with Crippen molar-refractivity contribution in [1.29, 1.82) is 0 Å². The van der Waals surface area contributed by atoms with Gasteiger partial charge in [-0.1, -0.05) is 74.5 Å². The minimum atomic E-state index is -0.840. The Kier molecular flexibility index (Phi) is 6.53. The summed E-state index contributed by atoms with van der Waals surface area (Å²) in [5.74, 6) is -0.540. The second kappa shape index (κ2) is 8.62. The summed E-state index contributed by atoms with van der Waals surface area (Å²) < 4.78 is 4.89. The molecule has 128 valence electrons. The van der Waals surface area contributed by atoms with Crippen molar-refractivity contribution in [2.75, 3.05) is 7.11 Å². The van der Waals surface area contributed by atoms with Gasteiger partial charge in [-0.3, -0.25) is 10.1 Å². The molecule has 0 radical (unpaired) electrons. The summed E-state index contributed by atoms with van der Waals surface area (Å²) in [6.45, 7) is 3.75. The summed E-state index contributed by atoms with van der Waals surface area (Å²) >= 11 is 0. The molecule has 0 aliphatic rings. The summed E-state index contributed by atoms with van der Waals surface area (Å²) in [6, 6.07) is 18.7. The van der Waals surface area contributed by atoms with Crippen LogP contribution in [0.15, 0.2) is 60.7 Å². The Morgan fingerprint density at radius 1 is 0.958 bits per heavy atom. The Morgan fingerprint density at radius 2 is 1.42 bits per heavy atom. The minimum absolute atomic E-state index is 0.0752. The number of methoxy groups -OCH3 is 1. The number of benzene rings is 2. The van der Waals surface area contributed by atoms with Crippen LogP contribution in [-0.4, -0.2) is 30.3 Å². The molecule has 0 amide bonds. The molecule has 4 heteroatoms. The quantitative estimate of drug-likeness (QED) is 0.768. The normalized spacial score (nSPS) is 13.8. The van der Waals surface area contributed by atoms with Crippen LogP contribution in [0.4, 0.5) is 0 Å². The monoisotopic (exact) mass is 327 g/mol. The number of carbonyl (C=O) groups excluding carboxylic acids is 1. The summed E-state index contributed by atoms with van der Waals surface area (Å²) in [7, 11) is 1.34. The largest absolute Gasteiger partial charge is 0.468 e. The zero-order valence-electron chi connectivity index (χ0n) is 14.3. The lowest BCUT2D eigenvalue weighted by Crippen LogP contribution is -2.50. The lowest BCUT2D eigenvalue weighted by molar-refractivity contribution is -0.147. The highest BCUT2D eigenvalue weighted by molar-refractivity contribution is 5.76. The summed E-state index contributed by atoms with van der Waals surface area (Å²) in [6.07, 6.45) is -0.840. The number of aliphatic hydroxyl groups is 1. The van der Waals surface area contributed by atoms with E-state index in [1.807, 2.05) is 74.5 Å². The van der Waals surface area contributed by atoms with Gasteiger partial charge in [0.2, 0.25) is 0 Å². The summed E-state index contributed by atoms with van der Waals surface area (Å²) in [5.41, 5.74) is 2.04. The molecule has 0 aliphatic carbocycles. The second-order valence-electron chi connectivity index (χ2n) is 6.16. The number of rotatable bonds is 7. The van der Waals surface area contributed by atoms with E-state index in [4.69, 9.17) is 4.74 Å². The number of ether oxygens (including phenoxy) is 1. The molecule has 0 saturated heterocycles. The van der Waals surface area contributed by atoms with E-state index in [1.165, 1.54) is 7.11 Å². The Morgan fingerprint density at radius 3 is 1.79 bits per heavy atom. The van der Waals surface area contributed by atoms with E-state index in [9.17, 15) is 9.90 Å². The van der Waals surface area contributed by atoms with Crippen LogP contribution in [-0.2, 0) is 9.53 Å². The molecular formula is C20H25NO3. The molecule has 0 heterocycles. The lowest BCUT2D eigenvalue weighted by atomic mass is 9.94. The number of nitrogens with one attached hydrogen (secondary N) is 1. The van der Waals surface area contributed by atoms with Gasteiger partial charge in [0.25, 0.3) is 0 Å². The first-order chi connectivity index (χ1) is 11.5. The highest BCUT2D eigenvalue weighted by Gasteiger charge is 2.32. The van der Waals surface area contributed by atoms with Gasteiger partial charge >= 0.3 is 5.97 Å². The molecule has 0 aliphatic heterocycles. The zero-order chi connectivity index (χ0) is 17.5. The lowest BCUT2D eigenvalue weighted by Gasteiger charge is -2.29. The first-order valence-electron chi connectivity index (χ1n) is 8.16. The van der Waals surface area contributed by atoms with Gasteiger partial charge in [0.15, 0.2) is 0 Å². The molecule has 4 nitrogen and oxygen atoms in total. The van der Waals surface area contributed by atoms with E-state index in [0.29, 0.717) is 0 Å². The van der Waals surface area contributed by atoms with Gasteiger partial charge in [-0.15, -0.1) is 0 Å². The van der Waals surface area contributed by atoms with Crippen LogP contribution < -0.4 is 5.32 Å². The van der Waals surface area contributed by atoms with E-state index in [-0.39, 0.29) is 12.0 Å². The van der Waals surface area contributed by atoms with E-state index in [0.717, 1.165) is 11.1 Å². The van der Waals surface area contributed by atoms with Gasteiger partial charge in [-0.2, -0.15) is 0 Å². The standard InChI is InChI=1S/C20H25NO3/c1-14(2)19(22)18(20(23)24-3)21-17(15-10-6-4-7-11-15)16-12-8-5-9-13-16/h4-14,17-19,21-22H,1-3H3. The van der Waals surface area contributed by atoms with E-state index < -0.39 is 18.1 Å². The van der Waals surface area contributed by atoms with E-state index in [1.54, 1.807) is 0 Å². The van der Waals surface area contributed by atoms with Crippen molar-refractivity contribution < 1.29 is 14.6 Å². The van der Waals surface area contributed by atoms with Gasteiger partial charge in [-0.25, -0.2) is 0 Å². The van der Waals surface area contributed by atoms with Crippen molar-refractivity contribution in [1.82, 2.24) is 5.32 Å². The molecule has 2 aromatic rings. The number of aliphatic hydroxyl groups excluding tert-OH is 1. The third-order valence-electron chi connectivity index (χ3n) is 4.09. The van der Waals surface area contributed by atoms with Crippen molar-refractivity contribution in [3.63, 3.8) is 0 Å². The number of hydrogen-bond acceptors (Lipinski definition) is 4. The first-order valence-corrected chi connectivity index (χ1v) is 8.16. The average Bonchev–Trinajstić information content (AvgIpc) is 2.63. The minimum Gasteiger partial charge on any atom is -0.468 e. The second-order valence-corrected chi connectivity index (χ2v) is 6.16. The maximum absolute atomic E-state index is 12.2. The maximum atomic E-state index is 12.2. The predicted octanol–water partition coefficient (Wildman–Crippen LogP) is 2.92. The van der Waals surface area contributed by atoms with Crippen LogP contribution in [0, 0.1) is 5.92 Å².